The van der Waals surface area contributed by atoms with Crippen LogP contribution in [0.25, 0.3) is 0 Å². The molecule has 3 aliphatic rings. The summed E-state index contributed by atoms with van der Waals surface area (Å²) in [6, 6.07) is 12.7. The predicted molar refractivity (Wildman–Crippen MR) is 114 cm³/mol. The van der Waals surface area contributed by atoms with Gasteiger partial charge < -0.3 is 24.2 Å². The van der Waals surface area contributed by atoms with Crippen LogP contribution < -0.4 is 14.7 Å². The van der Waals surface area contributed by atoms with Crippen molar-refractivity contribution in [2.75, 3.05) is 67.2 Å². The maximum Gasteiger partial charge on any atom is 0.227 e. The van der Waals surface area contributed by atoms with Crippen molar-refractivity contribution >= 4 is 17.5 Å². The fourth-order valence-electron chi connectivity index (χ4n) is 4.51. The Bertz CT molecular complexity index is 822. The van der Waals surface area contributed by atoms with E-state index >= 15 is 0 Å². The molecule has 0 atom stereocenters. The van der Waals surface area contributed by atoms with E-state index in [1.165, 1.54) is 5.69 Å². The summed E-state index contributed by atoms with van der Waals surface area (Å²) < 4.78 is 11.7. The minimum atomic E-state index is -0.352. The van der Waals surface area contributed by atoms with Crippen LogP contribution in [0.5, 0.6) is 0 Å². The number of hydrogen-bond acceptors (Lipinski definition) is 7. The monoisotopic (exact) mass is 395 g/mol. The van der Waals surface area contributed by atoms with Gasteiger partial charge >= 0.3 is 0 Å². The summed E-state index contributed by atoms with van der Waals surface area (Å²) >= 11 is 0. The maximum absolute atomic E-state index is 5.86. The van der Waals surface area contributed by atoms with Gasteiger partial charge in [-0.25, -0.2) is 4.98 Å². The summed E-state index contributed by atoms with van der Waals surface area (Å²) in [4.78, 5) is 16.8. The molecular weight excluding hydrogens is 366 g/mol. The molecule has 2 aromatic rings. The lowest BCUT2D eigenvalue weighted by atomic mass is 10.0. The number of aryl methyl sites for hydroxylation is 1. The Morgan fingerprint density at radius 3 is 2.14 bits per heavy atom. The Hall–Kier alpha value is -2.38. The average Bonchev–Trinajstić information content (AvgIpc) is 3.22. The molecule has 3 saturated heterocycles. The van der Waals surface area contributed by atoms with E-state index in [9.17, 15) is 0 Å². The number of benzene rings is 1. The predicted octanol–water partition coefficient (Wildman–Crippen LogP) is 2.45. The zero-order valence-electron chi connectivity index (χ0n) is 17.1. The maximum atomic E-state index is 5.86. The van der Waals surface area contributed by atoms with Crippen LogP contribution in [0.1, 0.15) is 18.5 Å². The molecule has 0 N–H and O–H groups in total. The summed E-state index contributed by atoms with van der Waals surface area (Å²) in [7, 11) is 0. The topological polar surface area (TPSA) is 54.0 Å². The first-order chi connectivity index (χ1) is 14.2. The van der Waals surface area contributed by atoms with Gasteiger partial charge in [-0.3, -0.25) is 0 Å². The van der Waals surface area contributed by atoms with Gasteiger partial charge in [0, 0.05) is 69.6 Å². The molecule has 0 radical (unpaired) electrons. The molecule has 0 unspecified atom stereocenters. The van der Waals surface area contributed by atoms with E-state index in [0.717, 1.165) is 69.6 Å². The minimum Gasteiger partial charge on any atom is -0.368 e. The second-order valence-electron chi connectivity index (χ2n) is 8.07. The molecule has 1 aromatic heterocycles. The quantitative estimate of drug-likeness (QED) is 0.791. The molecule has 0 aliphatic carbocycles. The van der Waals surface area contributed by atoms with Gasteiger partial charge in [-0.05, 0) is 19.1 Å². The van der Waals surface area contributed by atoms with Gasteiger partial charge in [0.15, 0.2) is 5.79 Å². The molecule has 3 aliphatic heterocycles. The van der Waals surface area contributed by atoms with Crippen LogP contribution in [0.2, 0.25) is 0 Å². The number of para-hydroxylation sites is 1. The van der Waals surface area contributed by atoms with Crippen molar-refractivity contribution in [3.05, 3.63) is 42.1 Å². The number of piperidine rings is 1. The highest BCUT2D eigenvalue weighted by Crippen LogP contribution is 2.33. The van der Waals surface area contributed by atoms with Gasteiger partial charge in [0.1, 0.15) is 5.82 Å². The molecule has 3 fully saturated rings. The van der Waals surface area contributed by atoms with Crippen molar-refractivity contribution in [3.8, 4) is 0 Å². The van der Waals surface area contributed by atoms with Crippen LogP contribution in [0.4, 0.5) is 17.5 Å². The summed E-state index contributed by atoms with van der Waals surface area (Å²) in [5, 5.41) is 0. The van der Waals surface area contributed by atoms with Gasteiger partial charge in [-0.15, -0.1) is 0 Å². The van der Waals surface area contributed by atoms with E-state index in [1.807, 2.05) is 0 Å². The largest absolute Gasteiger partial charge is 0.368 e. The lowest BCUT2D eigenvalue weighted by Gasteiger charge is -2.39. The van der Waals surface area contributed by atoms with Crippen LogP contribution in [-0.2, 0) is 9.47 Å². The third-order valence-electron chi connectivity index (χ3n) is 6.18. The second kappa shape index (κ2) is 7.80. The third-order valence-corrected chi connectivity index (χ3v) is 6.18. The fraction of sp³-hybridized carbons (Fsp3) is 0.545. The van der Waals surface area contributed by atoms with Crippen LogP contribution in [0.3, 0.4) is 0 Å². The summed E-state index contributed by atoms with van der Waals surface area (Å²) in [5.74, 6) is 1.52. The molecule has 154 valence electrons. The number of ether oxygens (including phenoxy) is 2. The molecule has 0 amide bonds. The zero-order valence-corrected chi connectivity index (χ0v) is 17.1. The molecule has 7 nitrogen and oxygen atoms in total. The first-order valence-electron chi connectivity index (χ1n) is 10.6. The SMILES string of the molecule is Cc1cc(N2CCC3(CC2)OCCO3)nc(N2CCN(c3ccccc3)CC2)n1. The Labute approximate surface area is 172 Å². The van der Waals surface area contributed by atoms with Crippen LogP contribution >= 0.6 is 0 Å². The van der Waals surface area contributed by atoms with Crippen molar-refractivity contribution in [2.24, 2.45) is 0 Å². The van der Waals surface area contributed by atoms with Gasteiger partial charge in [0.25, 0.3) is 0 Å². The summed E-state index contributed by atoms with van der Waals surface area (Å²) in [6.45, 7) is 9.12. The first kappa shape index (κ1) is 18.6. The lowest BCUT2D eigenvalue weighted by Crippen LogP contribution is -2.47. The fourth-order valence-corrected chi connectivity index (χ4v) is 4.51. The number of anilines is 3. The smallest absolute Gasteiger partial charge is 0.227 e. The van der Waals surface area contributed by atoms with Crippen molar-refractivity contribution in [3.63, 3.8) is 0 Å². The van der Waals surface area contributed by atoms with Crippen molar-refractivity contribution in [1.82, 2.24) is 9.97 Å². The normalized spacial score (nSPS) is 21.8. The zero-order chi connectivity index (χ0) is 19.7. The van der Waals surface area contributed by atoms with E-state index in [-0.39, 0.29) is 5.79 Å². The Morgan fingerprint density at radius 2 is 1.45 bits per heavy atom. The minimum absolute atomic E-state index is 0.352. The molecule has 1 spiro atoms. The number of rotatable bonds is 3. The Kier molecular flexibility index (Phi) is 5.01. The number of hydrogen-bond donors (Lipinski definition) is 0. The molecule has 0 saturated carbocycles. The van der Waals surface area contributed by atoms with Gasteiger partial charge in [0.2, 0.25) is 5.95 Å². The van der Waals surface area contributed by atoms with Crippen molar-refractivity contribution < 1.29 is 9.47 Å². The van der Waals surface area contributed by atoms with E-state index in [2.05, 4.69) is 58.0 Å². The van der Waals surface area contributed by atoms with E-state index in [1.54, 1.807) is 0 Å². The molecule has 0 bridgehead atoms. The van der Waals surface area contributed by atoms with Crippen molar-refractivity contribution in [1.29, 1.82) is 0 Å². The van der Waals surface area contributed by atoms with E-state index in [4.69, 9.17) is 19.4 Å². The average molecular weight is 396 g/mol. The van der Waals surface area contributed by atoms with Gasteiger partial charge in [-0.2, -0.15) is 4.98 Å². The van der Waals surface area contributed by atoms with Crippen LogP contribution in [-0.4, -0.2) is 68.2 Å². The van der Waals surface area contributed by atoms with E-state index in [0.29, 0.717) is 13.2 Å². The molecule has 7 heteroatoms. The molecule has 5 rings (SSSR count). The lowest BCUT2D eigenvalue weighted by molar-refractivity contribution is -0.169. The van der Waals surface area contributed by atoms with Crippen LogP contribution in [0.15, 0.2) is 36.4 Å². The molecule has 29 heavy (non-hydrogen) atoms. The van der Waals surface area contributed by atoms with Gasteiger partial charge in [0.05, 0.1) is 13.2 Å². The van der Waals surface area contributed by atoms with Gasteiger partial charge in [-0.1, -0.05) is 18.2 Å². The van der Waals surface area contributed by atoms with Crippen LogP contribution in [0, 0.1) is 6.92 Å². The van der Waals surface area contributed by atoms with Crippen molar-refractivity contribution in [2.45, 2.75) is 25.6 Å². The molecule has 4 heterocycles. The Balaban J connectivity index is 1.26. The second-order valence-corrected chi connectivity index (χ2v) is 8.07. The van der Waals surface area contributed by atoms with E-state index < -0.39 is 0 Å². The Morgan fingerprint density at radius 1 is 0.793 bits per heavy atom. The standard InChI is InChI=1S/C22H29N5O2/c1-18-17-20(26-9-7-22(8-10-26)28-15-16-29-22)24-21(23-18)27-13-11-25(12-14-27)19-5-3-2-4-6-19/h2-6,17H,7-16H2,1H3. The first-order valence-corrected chi connectivity index (χ1v) is 10.6. The summed E-state index contributed by atoms with van der Waals surface area (Å²) in [5.41, 5.74) is 2.31. The highest BCUT2D eigenvalue weighted by Gasteiger charge is 2.40. The highest BCUT2D eigenvalue weighted by molar-refractivity contribution is 5.50. The third kappa shape index (κ3) is 3.89. The molecule has 1 aromatic carbocycles. The number of aromatic nitrogens is 2. The summed E-state index contributed by atoms with van der Waals surface area (Å²) in [6.07, 6.45) is 1.78. The number of nitrogens with zero attached hydrogens (tertiary/aromatic N) is 5. The number of piperazine rings is 1. The molecular formula is C22H29N5O2. The highest BCUT2D eigenvalue weighted by atomic mass is 16.7.